The summed E-state index contributed by atoms with van der Waals surface area (Å²) in [5, 5.41) is 120. The Kier molecular flexibility index (Phi) is 45.2. The van der Waals surface area contributed by atoms with Crippen molar-refractivity contribution in [3.05, 3.63) is 36.5 Å². The largest absolute Gasteiger partial charge is 0.394 e. The molecule has 0 spiro atoms. The predicted octanol–water partition coefficient (Wildman–Crippen LogP) is 8.44. The second-order valence-corrected chi connectivity index (χ2v) is 24.6. The summed E-state index contributed by atoms with van der Waals surface area (Å²) in [6.45, 7) is 1.66. The molecule has 12 N–H and O–H groups in total. The summed E-state index contributed by atoms with van der Waals surface area (Å²) in [5.41, 5.74) is 0. The van der Waals surface area contributed by atoms with E-state index in [1.54, 1.807) is 6.08 Å². The van der Waals surface area contributed by atoms with Crippen LogP contribution in [0, 0.1) is 0 Å². The average molecular weight is 1230 g/mol. The Morgan fingerprint density at radius 3 is 1.23 bits per heavy atom. The lowest BCUT2D eigenvalue weighted by atomic mass is 9.96. The van der Waals surface area contributed by atoms with Crippen LogP contribution in [0.1, 0.15) is 251 Å². The van der Waals surface area contributed by atoms with E-state index in [-0.39, 0.29) is 18.9 Å². The zero-order valence-corrected chi connectivity index (χ0v) is 53.0. The van der Waals surface area contributed by atoms with Crippen LogP contribution in [-0.2, 0) is 33.2 Å². The van der Waals surface area contributed by atoms with Crippen LogP contribution in [0.15, 0.2) is 36.5 Å². The lowest BCUT2D eigenvalue weighted by Gasteiger charge is -2.48. The molecule has 3 heterocycles. The smallest absolute Gasteiger partial charge is 0.220 e. The van der Waals surface area contributed by atoms with E-state index in [1.165, 1.54) is 148 Å². The normalized spacial score (nSPS) is 29.0. The van der Waals surface area contributed by atoms with E-state index in [9.17, 15) is 61.0 Å². The van der Waals surface area contributed by atoms with Crippen LogP contribution in [0.2, 0.25) is 0 Å². The molecule has 504 valence electrons. The first kappa shape index (κ1) is 78.3. The number of unbranched alkanes of at least 4 members (excludes halogenated alkanes) is 32. The Morgan fingerprint density at radius 1 is 0.419 bits per heavy atom. The fraction of sp³-hybridized carbons (Fsp3) is 0.896. The van der Waals surface area contributed by atoms with E-state index in [0.29, 0.717) is 6.42 Å². The number of rotatable bonds is 52. The molecular weight excluding hydrogens is 1110 g/mol. The first-order valence-corrected chi connectivity index (χ1v) is 34.2. The van der Waals surface area contributed by atoms with Crippen LogP contribution in [0.25, 0.3) is 0 Å². The van der Waals surface area contributed by atoms with E-state index < -0.39 is 124 Å². The van der Waals surface area contributed by atoms with Gasteiger partial charge in [-0.1, -0.05) is 237 Å². The first-order valence-electron chi connectivity index (χ1n) is 34.2. The van der Waals surface area contributed by atoms with Gasteiger partial charge in [0.05, 0.1) is 38.6 Å². The van der Waals surface area contributed by atoms with E-state index in [0.717, 1.165) is 77.0 Å². The van der Waals surface area contributed by atoms with Crippen LogP contribution in [-0.4, -0.2) is 193 Å². The molecule has 19 heteroatoms. The monoisotopic (exact) mass is 1230 g/mol. The molecule has 1 amide bonds. The minimum absolute atomic E-state index is 0.227. The molecular formula is C67H123NO18. The number of aliphatic hydroxyl groups is 11. The van der Waals surface area contributed by atoms with Gasteiger partial charge in [0.15, 0.2) is 18.9 Å². The van der Waals surface area contributed by atoms with Crippen LogP contribution < -0.4 is 5.32 Å². The van der Waals surface area contributed by atoms with Gasteiger partial charge in [-0.05, 0) is 44.9 Å². The average Bonchev–Trinajstić information content (AvgIpc) is 2.26. The number of carbonyl (C=O) groups is 1. The maximum Gasteiger partial charge on any atom is 0.220 e. The molecule has 0 aromatic carbocycles. The standard InChI is InChI=1S/C67H123NO18/c1-3-5-7-9-11-13-15-17-18-19-20-21-22-23-24-25-26-27-28-29-30-31-33-34-36-38-40-42-44-51(72)50(68-55(73)45-43-41-39-37-35-32-16-14-12-10-8-6-4-2)49-81-65-61(79)58(76)63(53(47-70)83-65)86-67-62(80)59(77)64(54(48-71)84-67)85-66-60(78)57(75)56(74)52(46-69)82-66/h8,10,14,16,42,44,50-54,56-67,69-72,74-80H,3-7,9,11-13,15,17-41,43,45-49H2,1-2H3,(H,68,73)/b10-8-,16-14-,44-42+. The zero-order chi connectivity index (χ0) is 62.6. The predicted molar refractivity (Wildman–Crippen MR) is 333 cm³/mol. The quantitative estimate of drug-likeness (QED) is 0.0201. The summed E-state index contributed by atoms with van der Waals surface area (Å²) in [6, 6.07) is -0.980. The third kappa shape index (κ3) is 31.8. The van der Waals surface area contributed by atoms with Crippen molar-refractivity contribution in [3.63, 3.8) is 0 Å². The van der Waals surface area contributed by atoms with Crippen molar-refractivity contribution < 1.29 is 89.4 Å². The molecule has 0 saturated carbocycles. The van der Waals surface area contributed by atoms with Crippen molar-refractivity contribution in [1.29, 1.82) is 0 Å². The van der Waals surface area contributed by atoms with E-state index in [2.05, 4.69) is 43.5 Å². The Balaban J connectivity index is 1.41. The van der Waals surface area contributed by atoms with Gasteiger partial charge in [0.1, 0.15) is 73.2 Å². The van der Waals surface area contributed by atoms with Crippen molar-refractivity contribution in [2.24, 2.45) is 0 Å². The van der Waals surface area contributed by atoms with Crippen molar-refractivity contribution >= 4 is 5.91 Å². The SMILES string of the molecule is CCC/C=C\C/C=C\CCCCCCCC(=O)NC(COC1OC(CO)C(OC2OC(CO)C(OC3OC(CO)C(O)C(O)C3O)C(O)C2O)C(O)C1O)C(O)/C=C/CCCCCCCCCCCCCCCCCCCCCCCCCCCC. The molecule has 0 aromatic heterocycles. The summed E-state index contributed by atoms with van der Waals surface area (Å²) in [6.07, 6.45) is 30.0. The highest BCUT2D eigenvalue weighted by Crippen LogP contribution is 2.33. The molecule has 19 nitrogen and oxygen atoms in total. The molecule has 0 aromatic rings. The second-order valence-electron chi connectivity index (χ2n) is 24.6. The molecule has 3 aliphatic rings. The topological polar surface area (TPSA) is 307 Å². The number of hydrogen-bond acceptors (Lipinski definition) is 18. The van der Waals surface area contributed by atoms with E-state index >= 15 is 0 Å². The van der Waals surface area contributed by atoms with Crippen LogP contribution in [0.3, 0.4) is 0 Å². The van der Waals surface area contributed by atoms with E-state index in [1.807, 2.05) is 6.08 Å². The molecule has 3 aliphatic heterocycles. The Labute approximate surface area is 517 Å². The summed E-state index contributed by atoms with van der Waals surface area (Å²) < 4.78 is 34.3. The van der Waals surface area contributed by atoms with Crippen molar-refractivity contribution in [2.75, 3.05) is 26.4 Å². The summed E-state index contributed by atoms with van der Waals surface area (Å²) in [7, 11) is 0. The molecule has 86 heavy (non-hydrogen) atoms. The number of hydrogen-bond donors (Lipinski definition) is 12. The van der Waals surface area contributed by atoms with Crippen molar-refractivity contribution in [2.45, 2.75) is 356 Å². The molecule has 0 bridgehead atoms. The summed E-state index contributed by atoms with van der Waals surface area (Å²) >= 11 is 0. The molecule has 0 radical (unpaired) electrons. The molecule has 0 aliphatic carbocycles. The van der Waals surface area contributed by atoms with Gasteiger partial charge in [-0.3, -0.25) is 4.79 Å². The number of amides is 1. The first-order chi connectivity index (χ1) is 41.8. The maximum absolute atomic E-state index is 13.3. The Morgan fingerprint density at radius 2 is 0.791 bits per heavy atom. The number of allylic oxidation sites excluding steroid dienone is 5. The summed E-state index contributed by atoms with van der Waals surface area (Å²) in [5.74, 6) is -0.289. The molecule has 3 rings (SSSR count). The molecule has 3 saturated heterocycles. The van der Waals surface area contributed by atoms with Gasteiger partial charge < -0.3 is 89.9 Å². The fourth-order valence-electron chi connectivity index (χ4n) is 11.6. The number of carbonyl (C=O) groups excluding carboxylic acids is 1. The van der Waals surface area contributed by atoms with Crippen LogP contribution >= 0.6 is 0 Å². The summed E-state index contributed by atoms with van der Waals surface area (Å²) in [4.78, 5) is 13.3. The Hall–Kier alpha value is -1.99. The minimum Gasteiger partial charge on any atom is -0.394 e. The Bertz CT molecular complexity index is 1710. The fourth-order valence-corrected chi connectivity index (χ4v) is 11.6. The lowest BCUT2D eigenvalue weighted by molar-refractivity contribution is -0.379. The molecule has 17 atom stereocenters. The zero-order valence-electron chi connectivity index (χ0n) is 53.0. The maximum atomic E-state index is 13.3. The van der Waals surface area contributed by atoms with Gasteiger partial charge in [0.25, 0.3) is 0 Å². The van der Waals surface area contributed by atoms with Gasteiger partial charge >= 0.3 is 0 Å². The third-order valence-corrected chi connectivity index (χ3v) is 17.2. The second kappa shape index (κ2) is 49.7. The highest BCUT2D eigenvalue weighted by Gasteiger charge is 2.53. The number of ether oxygens (including phenoxy) is 6. The van der Waals surface area contributed by atoms with Gasteiger partial charge in [-0.2, -0.15) is 0 Å². The van der Waals surface area contributed by atoms with Crippen LogP contribution in [0.4, 0.5) is 0 Å². The number of nitrogens with one attached hydrogen (secondary N) is 1. The van der Waals surface area contributed by atoms with Crippen molar-refractivity contribution in [3.8, 4) is 0 Å². The highest BCUT2D eigenvalue weighted by molar-refractivity contribution is 5.76. The van der Waals surface area contributed by atoms with Gasteiger partial charge in [0.2, 0.25) is 5.91 Å². The van der Waals surface area contributed by atoms with Gasteiger partial charge in [-0.25, -0.2) is 0 Å². The van der Waals surface area contributed by atoms with Crippen LogP contribution in [0.5, 0.6) is 0 Å². The van der Waals surface area contributed by atoms with Gasteiger partial charge in [-0.15, -0.1) is 0 Å². The lowest BCUT2D eigenvalue weighted by Crippen LogP contribution is -2.66. The van der Waals surface area contributed by atoms with E-state index in [4.69, 9.17) is 28.4 Å². The van der Waals surface area contributed by atoms with Gasteiger partial charge in [0, 0.05) is 6.42 Å². The number of aliphatic hydroxyl groups excluding tert-OH is 11. The highest BCUT2D eigenvalue weighted by atomic mass is 16.8. The third-order valence-electron chi connectivity index (χ3n) is 17.2. The molecule has 17 unspecified atom stereocenters. The molecule has 3 fully saturated rings. The minimum atomic E-state index is -1.98. The van der Waals surface area contributed by atoms with Crippen molar-refractivity contribution in [1.82, 2.24) is 5.32 Å².